The molecular weight excluding hydrogens is 596 g/mol. The molecule has 0 saturated carbocycles. The fraction of sp³-hybridized carbons (Fsp3) is 0.294. The maximum Gasteiger partial charge on any atom is 0.114 e. The molecule has 0 aliphatic heterocycles. The number of rotatable bonds is 6. The summed E-state index contributed by atoms with van der Waals surface area (Å²) >= 11 is -0.572. The van der Waals surface area contributed by atoms with Gasteiger partial charge < -0.3 is 29.2 Å². The van der Waals surface area contributed by atoms with Crippen LogP contribution in [0.4, 0.5) is 0 Å². The van der Waals surface area contributed by atoms with Crippen LogP contribution >= 0.6 is 0 Å². The van der Waals surface area contributed by atoms with Crippen LogP contribution in [0.3, 0.4) is 0 Å². The molecule has 0 N–H and O–H groups in total. The first-order chi connectivity index (χ1) is 19.7. The molecule has 0 spiro atoms. The van der Waals surface area contributed by atoms with Crippen molar-refractivity contribution in [3.8, 4) is 34.5 Å². The average molecular weight is 634 g/mol. The molecule has 2 unspecified atom stereocenters. The maximum absolute atomic E-state index is 11.2. The van der Waals surface area contributed by atoms with E-state index >= 15 is 0 Å². The van der Waals surface area contributed by atoms with Crippen LogP contribution in [0.2, 0.25) is 0 Å². The van der Waals surface area contributed by atoms with Gasteiger partial charge in [-0.2, -0.15) is 0 Å². The molecule has 3 aromatic rings. The van der Waals surface area contributed by atoms with Gasteiger partial charge in [0.1, 0.15) is 23.0 Å². The molecule has 41 heavy (non-hydrogen) atoms. The van der Waals surface area contributed by atoms with Gasteiger partial charge in [0.25, 0.3) is 0 Å². The van der Waals surface area contributed by atoms with Crippen molar-refractivity contribution in [2.45, 2.75) is 31.3 Å². The molecule has 0 fully saturated rings. The van der Waals surface area contributed by atoms with Gasteiger partial charge in [0.2, 0.25) is 0 Å². The number of fused-ring (bicyclic) bond motifs is 1. The second-order valence-corrected chi connectivity index (χ2v) is 13.2. The third-order valence-corrected chi connectivity index (χ3v) is 12.3. The van der Waals surface area contributed by atoms with E-state index in [-0.39, 0.29) is 11.5 Å². The van der Waals surface area contributed by atoms with Crippen molar-refractivity contribution in [1.29, 1.82) is 0 Å². The normalized spacial score (nSPS) is 16.6. The van der Waals surface area contributed by atoms with E-state index < -0.39 is 23.2 Å². The van der Waals surface area contributed by atoms with Crippen LogP contribution in [-0.2, 0) is 23.2 Å². The van der Waals surface area contributed by atoms with Crippen molar-refractivity contribution < 1.29 is 52.4 Å². The Morgan fingerprint density at radius 2 is 1.10 bits per heavy atom. The number of hydrogen-bond acceptors (Lipinski definition) is 6. The molecule has 6 nitrogen and oxygen atoms in total. The van der Waals surface area contributed by atoms with Crippen molar-refractivity contribution >= 4 is 6.08 Å². The first-order valence-corrected chi connectivity index (χ1v) is 16.0. The summed E-state index contributed by atoms with van der Waals surface area (Å²) in [7, 11) is 5.82. The molecule has 3 aromatic carbocycles. The van der Waals surface area contributed by atoms with Gasteiger partial charge in [0.05, 0.1) is 28.4 Å². The van der Waals surface area contributed by atoms with E-state index in [4.69, 9.17) is 18.9 Å². The summed E-state index contributed by atoms with van der Waals surface area (Å²) in [6.07, 6.45) is 4.77. The molecule has 0 saturated heterocycles. The summed E-state index contributed by atoms with van der Waals surface area (Å²) in [5, 5.41) is 22.4. The number of para-hydroxylation sites is 2. The Hall–Kier alpha value is -3.44. The van der Waals surface area contributed by atoms with Crippen molar-refractivity contribution in [3.05, 3.63) is 97.9 Å². The Morgan fingerprint density at radius 3 is 1.51 bits per heavy atom. The van der Waals surface area contributed by atoms with Crippen LogP contribution in [0.1, 0.15) is 42.4 Å². The van der Waals surface area contributed by atoms with Crippen LogP contribution in [0, 0.1) is 5.92 Å². The van der Waals surface area contributed by atoms with Crippen molar-refractivity contribution in [1.82, 2.24) is 0 Å². The first-order valence-electron chi connectivity index (χ1n) is 13.4. The molecule has 0 bridgehead atoms. The molecule has 5 rings (SSSR count). The summed E-state index contributed by atoms with van der Waals surface area (Å²) in [6, 6.07) is 18.7. The Bertz CT molecular complexity index is 1340. The SMILES string of the molecule is CC1=C(C)C(C)[C]([Zr+2][CH]2C=Cc3ccccc32)=C1C.COc1cccc(OC)c1[O-].COc1cccc(OC)c1[O-]. The summed E-state index contributed by atoms with van der Waals surface area (Å²) < 4.78 is 21.7. The number of allylic oxidation sites excluding steroid dienone is 5. The average Bonchev–Trinajstić information content (AvgIpc) is 3.49. The van der Waals surface area contributed by atoms with E-state index in [0.717, 1.165) is 3.63 Å². The van der Waals surface area contributed by atoms with Gasteiger partial charge in [0.15, 0.2) is 0 Å². The van der Waals surface area contributed by atoms with Crippen LogP contribution < -0.4 is 29.2 Å². The Balaban J connectivity index is 0.000000181. The van der Waals surface area contributed by atoms with E-state index in [1.807, 2.05) is 3.28 Å². The van der Waals surface area contributed by atoms with Gasteiger partial charge in [-0.1, -0.05) is 12.1 Å². The second kappa shape index (κ2) is 15.0. The summed E-state index contributed by atoms with van der Waals surface area (Å²) in [6.45, 7) is 9.35. The van der Waals surface area contributed by atoms with E-state index in [9.17, 15) is 10.2 Å². The molecule has 2 atom stereocenters. The van der Waals surface area contributed by atoms with E-state index in [1.165, 1.54) is 34.0 Å². The number of benzene rings is 3. The van der Waals surface area contributed by atoms with Crippen LogP contribution in [0.5, 0.6) is 34.5 Å². The molecule has 2 aliphatic rings. The van der Waals surface area contributed by atoms with Gasteiger partial charge in [-0.15, -0.1) is 0 Å². The van der Waals surface area contributed by atoms with Crippen molar-refractivity contribution in [3.63, 3.8) is 0 Å². The second-order valence-electron chi connectivity index (χ2n) is 9.66. The summed E-state index contributed by atoms with van der Waals surface area (Å²) in [4.78, 5) is 0. The van der Waals surface area contributed by atoms with Crippen molar-refractivity contribution in [2.24, 2.45) is 5.92 Å². The zero-order chi connectivity index (χ0) is 30.1. The van der Waals surface area contributed by atoms with Crippen LogP contribution in [-0.4, -0.2) is 28.4 Å². The van der Waals surface area contributed by atoms with Crippen molar-refractivity contribution in [2.75, 3.05) is 28.4 Å². The van der Waals surface area contributed by atoms with Crippen LogP contribution in [0.15, 0.2) is 86.7 Å². The van der Waals surface area contributed by atoms with Gasteiger partial charge in [-0.25, -0.2) is 0 Å². The Kier molecular flexibility index (Phi) is 11.7. The summed E-state index contributed by atoms with van der Waals surface area (Å²) in [5.41, 5.74) is 7.78. The number of ether oxygens (including phenoxy) is 4. The minimum atomic E-state index is -0.572. The van der Waals surface area contributed by atoms with E-state index in [0.29, 0.717) is 28.9 Å². The van der Waals surface area contributed by atoms with Gasteiger partial charge >= 0.3 is 128 Å². The molecule has 0 amide bonds. The third-order valence-electron chi connectivity index (χ3n) is 7.52. The smallest absolute Gasteiger partial charge is 0.114 e. The fourth-order valence-corrected chi connectivity index (χ4v) is 9.24. The van der Waals surface area contributed by atoms with E-state index in [2.05, 4.69) is 64.1 Å². The minimum Gasteiger partial charge on any atom is -0.867 e. The van der Waals surface area contributed by atoms with Gasteiger partial charge in [-0.05, 0) is 35.8 Å². The minimum absolute atomic E-state index is 0.211. The van der Waals surface area contributed by atoms with E-state index in [1.54, 1.807) is 58.7 Å². The summed E-state index contributed by atoms with van der Waals surface area (Å²) in [5.74, 6) is 1.52. The monoisotopic (exact) mass is 632 g/mol. The molecule has 0 radical (unpaired) electrons. The first kappa shape index (κ1) is 32.1. The predicted octanol–water partition coefficient (Wildman–Crippen LogP) is 6.65. The molecule has 0 aromatic heterocycles. The number of hydrogen-bond donors (Lipinski definition) is 0. The largest absolute Gasteiger partial charge is 0.867 e. The van der Waals surface area contributed by atoms with Gasteiger partial charge in [-0.3, -0.25) is 0 Å². The molecular formula is C34H38O6Zr. The Labute approximate surface area is 255 Å². The Morgan fingerprint density at radius 1 is 0.634 bits per heavy atom. The molecule has 7 heteroatoms. The predicted molar refractivity (Wildman–Crippen MR) is 156 cm³/mol. The fourth-order valence-electron chi connectivity index (χ4n) is 4.77. The molecule has 2 aliphatic carbocycles. The maximum atomic E-state index is 11.2. The number of methoxy groups -OCH3 is 4. The topological polar surface area (TPSA) is 83.0 Å². The third kappa shape index (κ3) is 7.45. The standard InChI is InChI=1S/C9H7.C9H13.2C8H10O3.Zr/c1-2-5-9-7-3-6-8(9)4-1;1-6-5-7(2)9(4)8(6)3;2*1-10-6-4-3-5-7(11-2)8(6)9;/h1-7H;6H,1-4H3;2*3-5,9H,1-2H3;/q;;;;+2/p-2. The molecule has 0 heterocycles. The zero-order valence-corrected chi connectivity index (χ0v) is 27.5. The van der Waals surface area contributed by atoms with Gasteiger partial charge in [0, 0.05) is 0 Å². The quantitative estimate of drug-likeness (QED) is 0.302. The molecule has 214 valence electrons. The van der Waals surface area contributed by atoms with Crippen LogP contribution in [0.25, 0.3) is 6.08 Å². The zero-order valence-electron chi connectivity index (χ0n) is 25.0.